The summed E-state index contributed by atoms with van der Waals surface area (Å²) in [4.78, 5) is 7.06. The van der Waals surface area contributed by atoms with E-state index in [4.69, 9.17) is 0 Å². The minimum Gasteiger partial charge on any atom is -0.348 e. The molecule has 0 aliphatic rings. The molecule has 3 nitrogen and oxygen atoms in total. The summed E-state index contributed by atoms with van der Waals surface area (Å²) in [6.45, 7) is 3.00. The molecule has 4 heteroatoms. The molecule has 96 valence electrons. The third kappa shape index (κ3) is 3.40. The highest BCUT2D eigenvalue weighted by atomic mass is 19.1. The van der Waals surface area contributed by atoms with Gasteiger partial charge < -0.3 is 10.3 Å². The summed E-state index contributed by atoms with van der Waals surface area (Å²) in [7, 11) is 0. The molecular formula is C14H18FN3. The first kappa shape index (κ1) is 12.8. The predicted molar refractivity (Wildman–Crippen MR) is 69.7 cm³/mol. The zero-order valence-electron chi connectivity index (χ0n) is 10.5. The lowest BCUT2D eigenvalue weighted by Crippen LogP contribution is -2.23. The van der Waals surface area contributed by atoms with Gasteiger partial charge in [-0.3, -0.25) is 0 Å². The molecule has 0 aliphatic heterocycles. The molecule has 2 aromatic rings. The van der Waals surface area contributed by atoms with Gasteiger partial charge in [0.2, 0.25) is 0 Å². The molecule has 2 N–H and O–H groups in total. The Kier molecular flexibility index (Phi) is 4.47. The molecule has 0 bridgehead atoms. The normalized spacial score (nSPS) is 12.6. The molecule has 0 aliphatic carbocycles. The summed E-state index contributed by atoms with van der Waals surface area (Å²) in [5, 5.41) is 3.47. The largest absolute Gasteiger partial charge is 0.348 e. The van der Waals surface area contributed by atoms with Crippen LogP contribution in [0, 0.1) is 5.82 Å². The van der Waals surface area contributed by atoms with Crippen LogP contribution in [0.25, 0.3) is 0 Å². The average Bonchev–Trinajstić information content (AvgIpc) is 2.89. The molecule has 0 spiro atoms. The van der Waals surface area contributed by atoms with E-state index in [0.29, 0.717) is 0 Å². The van der Waals surface area contributed by atoms with Crippen LogP contribution in [0.1, 0.15) is 30.6 Å². The zero-order chi connectivity index (χ0) is 12.8. The van der Waals surface area contributed by atoms with Gasteiger partial charge in [-0.05, 0) is 24.1 Å². The Bertz CT molecular complexity index is 450. The molecule has 1 atom stereocenters. The second-order valence-electron chi connectivity index (χ2n) is 4.29. The quantitative estimate of drug-likeness (QED) is 0.824. The van der Waals surface area contributed by atoms with Crippen molar-refractivity contribution in [2.24, 2.45) is 0 Å². The highest BCUT2D eigenvalue weighted by Gasteiger charge is 2.08. The van der Waals surface area contributed by atoms with Crippen molar-refractivity contribution in [3.05, 3.63) is 53.9 Å². The van der Waals surface area contributed by atoms with Crippen LogP contribution >= 0.6 is 0 Å². The fraction of sp³-hybridized carbons (Fsp3) is 0.357. The lowest BCUT2D eigenvalue weighted by Gasteiger charge is -2.17. The number of nitrogens with one attached hydrogen (secondary N) is 2. The van der Waals surface area contributed by atoms with Crippen molar-refractivity contribution in [1.82, 2.24) is 15.3 Å². The van der Waals surface area contributed by atoms with Gasteiger partial charge in [0.15, 0.2) is 0 Å². The molecule has 0 fully saturated rings. The van der Waals surface area contributed by atoms with Crippen molar-refractivity contribution < 1.29 is 4.39 Å². The SMILES string of the molecule is CCC(NCCc1cnc[nH]1)c1ccc(F)cc1. The monoisotopic (exact) mass is 247 g/mol. The van der Waals surface area contributed by atoms with E-state index in [0.717, 1.165) is 30.6 Å². The van der Waals surface area contributed by atoms with Crippen LogP contribution in [0.2, 0.25) is 0 Å². The van der Waals surface area contributed by atoms with E-state index in [1.807, 2.05) is 18.3 Å². The smallest absolute Gasteiger partial charge is 0.123 e. The number of hydrogen-bond donors (Lipinski definition) is 2. The van der Waals surface area contributed by atoms with Gasteiger partial charge in [-0.1, -0.05) is 19.1 Å². The van der Waals surface area contributed by atoms with Gasteiger partial charge in [-0.2, -0.15) is 0 Å². The summed E-state index contributed by atoms with van der Waals surface area (Å²) in [5.74, 6) is -0.189. The van der Waals surface area contributed by atoms with E-state index in [1.165, 1.54) is 12.1 Å². The minimum absolute atomic E-state index is 0.189. The maximum Gasteiger partial charge on any atom is 0.123 e. The molecule has 2 rings (SSSR count). The molecule has 0 saturated carbocycles. The topological polar surface area (TPSA) is 40.7 Å². The van der Waals surface area contributed by atoms with E-state index in [-0.39, 0.29) is 11.9 Å². The number of H-pyrrole nitrogens is 1. The van der Waals surface area contributed by atoms with E-state index in [9.17, 15) is 4.39 Å². The number of aromatic amines is 1. The highest BCUT2D eigenvalue weighted by Crippen LogP contribution is 2.16. The fourth-order valence-electron chi connectivity index (χ4n) is 2.00. The number of hydrogen-bond acceptors (Lipinski definition) is 2. The molecule has 0 amide bonds. The van der Waals surface area contributed by atoms with Gasteiger partial charge in [0.25, 0.3) is 0 Å². The Balaban J connectivity index is 1.87. The van der Waals surface area contributed by atoms with Crippen LogP contribution in [0.5, 0.6) is 0 Å². The third-order valence-corrected chi connectivity index (χ3v) is 3.02. The lowest BCUT2D eigenvalue weighted by atomic mass is 10.0. The lowest BCUT2D eigenvalue weighted by molar-refractivity contribution is 0.519. The van der Waals surface area contributed by atoms with Crippen LogP contribution in [0.4, 0.5) is 4.39 Å². The van der Waals surface area contributed by atoms with Crippen molar-refractivity contribution >= 4 is 0 Å². The van der Waals surface area contributed by atoms with E-state index < -0.39 is 0 Å². The van der Waals surface area contributed by atoms with E-state index in [2.05, 4.69) is 22.2 Å². The van der Waals surface area contributed by atoms with Crippen LogP contribution in [0.15, 0.2) is 36.8 Å². The molecule has 1 unspecified atom stereocenters. The molecular weight excluding hydrogens is 229 g/mol. The number of rotatable bonds is 6. The first-order valence-corrected chi connectivity index (χ1v) is 6.25. The molecule has 1 aromatic heterocycles. The van der Waals surface area contributed by atoms with Gasteiger partial charge in [0, 0.05) is 30.9 Å². The van der Waals surface area contributed by atoms with Crippen molar-refractivity contribution in [2.45, 2.75) is 25.8 Å². The Morgan fingerprint density at radius 1 is 1.33 bits per heavy atom. The number of halogens is 1. The molecule has 1 heterocycles. The summed E-state index contributed by atoms with van der Waals surface area (Å²) >= 11 is 0. The Labute approximate surface area is 106 Å². The number of imidazole rings is 1. The second-order valence-corrected chi connectivity index (χ2v) is 4.29. The summed E-state index contributed by atoms with van der Waals surface area (Å²) in [6.07, 6.45) is 5.42. The molecule has 1 aromatic carbocycles. The first-order valence-electron chi connectivity index (χ1n) is 6.25. The van der Waals surface area contributed by atoms with Crippen molar-refractivity contribution in [2.75, 3.05) is 6.54 Å². The summed E-state index contributed by atoms with van der Waals surface area (Å²) in [6, 6.07) is 6.97. The Morgan fingerprint density at radius 3 is 2.72 bits per heavy atom. The van der Waals surface area contributed by atoms with Gasteiger partial charge in [0.1, 0.15) is 5.82 Å². The Morgan fingerprint density at radius 2 is 2.11 bits per heavy atom. The van der Waals surface area contributed by atoms with Crippen molar-refractivity contribution in [1.29, 1.82) is 0 Å². The average molecular weight is 247 g/mol. The standard InChI is InChI=1S/C14H18FN3/c1-2-14(11-3-5-12(15)6-4-11)17-8-7-13-9-16-10-18-13/h3-6,9-10,14,17H,2,7-8H2,1H3,(H,16,18). The maximum absolute atomic E-state index is 12.9. The zero-order valence-corrected chi connectivity index (χ0v) is 10.5. The molecule has 0 radical (unpaired) electrons. The summed E-state index contributed by atoms with van der Waals surface area (Å²) in [5.41, 5.74) is 2.25. The fourth-order valence-corrected chi connectivity index (χ4v) is 2.00. The summed E-state index contributed by atoms with van der Waals surface area (Å²) < 4.78 is 12.9. The Hall–Kier alpha value is -1.68. The van der Waals surface area contributed by atoms with Crippen LogP contribution in [-0.2, 0) is 6.42 Å². The van der Waals surface area contributed by atoms with Gasteiger partial charge in [0.05, 0.1) is 6.33 Å². The first-order chi connectivity index (χ1) is 8.79. The van der Waals surface area contributed by atoms with Crippen molar-refractivity contribution in [3.63, 3.8) is 0 Å². The molecule has 0 saturated heterocycles. The van der Waals surface area contributed by atoms with Crippen LogP contribution in [-0.4, -0.2) is 16.5 Å². The van der Waals surface area contributed by atoms with Crippen molar-refractivity contribution in [3.8, 4) is 0 Å². The predicted octanol–water partition coefficient (Wildman–Crippen LogP) is 2.83. The van der Waals surface area contributed by atoms with Gasteiger partial charge >= 0.3 is 0 Å². The van der Waals surface area contributed by atoms with E-state index in [1.54, 1.807) is 6.33 Å². The van der Waals surface area contributed by atoms with Gasteiger partial charge in [-0.15, -0.1) is 0 Å². The number of benzene rings is 1. The van der Waals surface area contributed by atoms with Gasteiger partial charge in [-0.25, -0.2) is 9.37 Å². The van der Waals surface area contributed by atoms with E-state index >= 15 is 0 Å². The molecule has 18 heavy (non-hydrogen) atoms. The second kappa shape index (κ2) is 6.31. The number of aromatic nitrogens is 2. The third-order valence-electron chi connectivity index (χ3n) is 3.02. The van der Waals surface area contributed by atoms with Crippen LogP contribution < -0.4 is 5.32 Å². The number of nitrogens with zero attached hydrogens (tertiary/aromatic N) is 1. The highest BCUT2D eigenvalue weighted by molar-refractivity contribution is 5.19. The maximum atomic E-state index is 12.9. The minimum atomic E-state index is -0.189. The van der Waals surface area contributed by atoms with Crippen LogP contribution in [0.3, 0.4) is 0 Å².